The molecule has 0 aliphatic carbocycles. The zero-order valence-corrected chi connectivity index (χ0v) is 13.8. The maximum absolute atomic E-state index is 14.0. The summed E-state index contributed by atoms with van der Waals surface area (Å²) in [6.07, 6.45) is 0. The Balaban J connectivity index is 2.09. The Labute approximate surface area is 131 Å². The van der Waals surface area contributed by atoms with E-state index in [1.165, 1.54) is 6.07 Å². The third kappa shape index (κ3) is 3.65. The van der Waals surface area contributed by atoms with Crippen molar-refractivity contribution in [3.05, 3.63) is 35.1 Å². The first-order valence-corrected chi connectivity index (χ1v) is 7.74. The van der Waals surface area contributed by atoms with Gasteiger partial charge in [-0.1, -0.05) is 6.07 Å². The van der Waals surface area contributed by atoms with Crippen LogP contribution in [-0.2, 0) is 4.74 Å². The van der Waals surface area contributed by atoms with Gasteiger partial charge in [0.25, 0.3) is 5.91 Å². The maximum atomic E-state index is 14.0. The van der Waals surface area contributed by atoms with Gasteiger partial charge >= 0.3 is 0 Å². The van der Waals surface area contributed by atoms with E-state index >= 15 is 0 Å². The van der Waals surface area contributed by atoms with Gasteiger partial charge in [0.1, 0.15) is 5.82 Å². The number of aryl methyl sites for hydroxylation is 1. The van der Waals surface area contributed by atoms with Gasteiger partial charge in [-0.05, 0) is 38.5 Å². The molecule has 2 rings (SSSR count). The molecule has 1 aromatic carbocycles. The zero-order chi connectivity index (χ0) is 16.3. The van der Waals surface area contributed by atoms with Gasteiger partial charge in [0.15, 0.2) is 0 Å². The van der Waals surface area contributed by atoms with Crippen LogP contribution >= 0.6 is 0 Å². The number of rotatable bonds is 4. The number of hydrogen-bond acceptors (Lipinski definition) is 3. The minimum Gasteiger partial charge on any atom is -0.383 e. The van der Waals surface area contributed by atoms with Crippen LogP contribution in [0, 0.1) is 12.7 Å². The van der Waals surface area contributed by atoms with Gasteiger partial charge in [0, 0.05) is 38.8 Å². The van der Waals surface area contributed by atoms with Gasteiger partial charge in [0.05, 0.1) is 12.2 Å². The van der Waals surface area contributed by atoms with E-state index in [2.05, 4.69) is 18.7 Å². The molecule has 122 valence electrons. The van der Waals surface area contributed by atoms with Crippen LogP contribution < -0.4 is 0 Å². The molecule has 1 saturated heterocycles. The van der Waals surface area contributed by atoms with E-state index in [9.17, 15) is 9.18 Å². The number of carbonyl (C=O) groups is 1. The van der Waals surface area contributed by atoms with Crippen LogP contribution in [0.2, 0.25) is 0 Å². The van der Waals surface area contributed by atoms with Crippen molar-refractivity contribution in [1.29, 1.82) is 0 Å². The van der Waals surface area contributed by atoms with Crippen molar-refractivity contribution < 1.29 is 13.9 Å². The molecule has 1 aromatic rings. The predicted molar refractivity (Wildman–Crippen MR) is 84.5 cm³/mol. The van der Waals surface area contributed by atoms with E-state index in [1.54, 1.807) is 24.1 Å². The van der Waals surface area contributed by atoms with Gasteiger partial charge in [-0.25, -0.2) is 4.39 Å². The molecule has 0 aromatic heterocycles. The summed E-state index contributed by atoms with van der Waals surface area (Å²) in [5, 5.41) is 0. The number of carbonyl (C=O) groups excluding carboxylic acids is 1. The first-order valence-electron chi connectivity index (χ1n) is 7.74. The minimum atomic E-state index is -0.438. The van der Waals surface area contributed by atoms with Crippen LogP contribution in [0.3, 0.4) is 0 Å². The Morgan fingerprint density at radius 3 is 2.50 bits per heavy atom. The third-order valence-corrected chi connectivity index (χ3v) is 4.30. The molecule has 1 fully saturated rings. The number of methoxy groups -OCH3 is 1. The normalized spacial score (nSPS) is 22.9. The molecule has 5 heteroatoms. The second-order valence-corrected chi connectivity index (χ2v) is 6.12. The third-order valence-electron chi connectivity index (χ3n) is 4.30. The number of hydrogen-bond donors (Lipinski definition) is 0. The number of ether oxygens (including phenoxy) is 1. The van der Waals surface area contributed by atoms with Crippen molar-refractivity contribution in [3.63, 3.8) is 0 Å². The van der Waals surface area contributed by atoms with Gasteiger partial charge in [-0.3, -0.25) is 9.69 Å². The number of benzene rings is 1. The van der Waals surface area contributed by atoms with Crippen LogP contribution in [0.4, 0.5) is 4.39 Å². The molecule has 22 heavy (non-hydrogen) atoms. The molecule has 1 amide bonds. The van der Waals surface area contributed by atoms with E-state index in [1.807, 2.05) is 6.92 Å². The number of nitrogens with zero attached hydrogens (tertiary/aromatic N) is 2. The monoisotopic (exact) mass is 308 g/mol. The summed E-state index contributed by atoms with van der Waals surface area (Å²) in [5.41, 5.74) is 0.982. The SMILES string of the molecule is COCCN1C(C)CN(C(=O)c2ccc(C)cc2F)CC1C. The predicted octanol–water partition coefficient (Wildman–Crippen LogP) is 2.32. The summed E-state index contributed by atoms with van der Waals surface area (Å²) in [5.74, 6) is -0.658. The van der Waals surface area contributed by atoms with Crippen LogP contribution in [0.5, 0.6) is 0 Å². The molecule has 0 N–H and O–H groups in total. The van der Waals surface area contributed by atoms with Crippen LogP contribution in [0.1, 0.15) is 29.8 Å². The molecule has 0 bridgehead atoms. The molecule has 1 aliphatic heterocycles. The van der Waals surface area contributed by atoms with E-state index in [0.29, 0.717) is 19.7 Å². The van der Waals surface area contributed by atoms with Gasteiger partial charge in [0.2, 0.25) is 0 Å². The topological polar surface area (TPSA) is 32.8 Å². The molecule has 0 saturated carbocycles. The summed E-state index contributed by atoms with van der Waals surface area (Å²) < 4.78 is 19.2. The average Bonchev–Trinajstić information content (AvgIpc) is 2.45. The van der Waals surface area contributed by atoms with Crippen molar-refractivity contribution in [2.45, 2.75) is 32.9 Å². The molecule has 1 aliphatic rings. The van der Waals surface area contributed by atoms with Gasteiger partial charge in [-0.2, -0.15) is 0 Å². The first kappa shape index (κ1) is 16.9. The summed E-state index contributed by atoms with van der Waals surface area (Å²) >= 11 is 0. The van der Waals surface area contributed by atoms with Crippen LogP contribution in [0.15, 0.2) is 18.2 Å². The van der Waals surface area contributed by atoms with E-state index in [4.69, 9.17) is 4.74 Å². The fourth-order valence-electron chi connectivity index (χ4n) is 3.12. The summed E-state index contributed by atoms with van der Waals surface area (Å²) in [7, 11) is 1.69. The molecular weight excluding hydrogens is 283 g/mol. The Morgan fingerprint density at radius 1 is 1.32 bits per heavy atom. The molecule has 2 unspecified atom stereocenters. The average molecular weight is 308 g/mol. The smallest absolute Gasteiger partial charge is 0.256 e. The highest BCUT2D eigenvalue weighted by Gasteiger charge is 2.32. The van der Waals surface area contributed by atoms with Crippen LogP contribution in [0.25, 0.3) is 0 Å². The second kappa shape index (κ2) is 7.20. The first-order chi connectivity index (χ1) is 10.4. The standard InChI is InChI=1S/C17H25FN2O2/c1-12-5-6-15(16(18)9-12)17(21)19-10-13(2)20(7-8-22-4)14(3)11-19/h5-6,9,13-14H,7-8,10-11H2,1-4H3. The summed E-state index contributed by atoms with van der Waals surface area (Å²) in [6.45, 7) is 8.75. The lowest BCUT2D eigenvalue weighted by atomic mass is 10.1. The fraction of sp³-hybridized carbons (Fsp3) is 0.588. The quantitative estimate of drug-likeness (QED) is 0.856. The van der Waals surface area contributed by atoms with Gasteiger partial charge in [-0.15, -0.1) is 0 Å². The Kier molecular flexibility index (Phi) is 5.53. The lowest BCUT2D eigenvalue weighted by molar-refractivity contribution is 0.0191. The second-order valence-electron chi connectivity index (χ2n) is 6.12. The van der Waals surface area contributed by atoms with Crippen molar-refractivity contribution in [1.82, 2.24) is 9.80 Å². The molecule has 4 nitrogen and oxygen atoms in total. The Morgan fingerprint density at radius 2 is 1.95 bits per heavy atom. The molecule has 1 heterocycles. The van der Waals surface area contributed by atoms with Crippen molar-refractivity contribution >= 4 is 5.91 Å². The van der Waals surface area contributed by atoms with Crippen molar-refractivity contribution in [3.8, 4) is 0 Å². The number of halogens is 1. The van der Waals surface area contributed by atoms with E-state index in [0.717, 1.165) is 12.1 Å². The molecule has 2 atom stereocenters. The summed E-state index contributed by atoms with van der Waals surface area (Å²) in [4.78, 5) is 16.7. The molecule has 0 spiro atoms. The zero-order valence-electron chi connectivity index (χ0n) is 13.8. The maximum Gasteiger partial charge on any atom is 0.256 e. The lowest BCUT2D eigenvalue weighted by Crippen LogP contribution is -2.58. The highest BCUT2D eigenvalue weighted by molar-refractivity contribution is 5.94. The molecule has 0 radical (unpaired) electrons. The van der Waals surface area contributed by atoms with Gasteiger partial charge < -0.3 is 9.64 Å². The number of amides is 1. The fourth-order valence-corrected chi connectivity index (χ4v) is 3.12. The van der Waals surface area contributed by atoms with E-state index < -0.39 is 5.82 Å². The molecular formula is C17H25FN2O2. The lowest BCUT2D eigenvalue weighted by Gasteiger charge is -2.44. The highest BCUT2D eigenvalue weighted by Crippen LogP contribution is 2.19. The number of piperazine rings is 1. The van der Waals surface area contributed by atoms with E-state index in [-0.39, 0.29) is 23.6 Å². The highest BCUT2D eigenvalue weighted by atomic mass is 19.1. The van der Waals surface area contributed by atoms with Crippen molar-refractivity contribution in [2.75, 3.05) is 33.4 Å². The largest absolute Gasteiger partial charge is 0.383 e. The van der Waals surface area contributed by atoms with Crippen LogP contribution in [-0.4, -0.2) is 61.1 Å². The Hall–Kier alpha value is -1.46. The Bertz CT molecular complexity index is 523. The minimum absolute atomic E-state index is 0.162. The van der Waals surface area contributed by atoms with Crippen molar-refractivity contribution in [2.24, 2.45) is 0 Å². The summed E-state index contributed by atoms with van der Waals surface area (Å²) in [6, 6.07) is 5.24.